The van der Waals surface area contributed by atoms with E-state index in [4.69, 9.17) is 4.42 Å². The number of nitrogens with zero attached hydrogens (tertiary/aromatic N) is 4. The van der Waals surface area contributed by atoms with Gasteiger partial charge >= 0.3 is 0 Å². The van der Waals surface area contributed by atoms with Crippen molar-refractivity contribution >= 4 is 39.3 Å². The van der Waals surface area contributed by atoms with Gasteiger partial charge in [-0.1, -0.05) is 0 Å². The Morgan fingerprint density at radius 2 is 2.04 bits per heavy atom. The molecule has 1 aliphatic rings. The number of nitrogens with one attached hydrogen (secondary N) is 1. The lowest BCUT2D eigenvalue weighted by atomic mass is 10.1. The van der Waals surface area contributed by atoms with Gasteiger partial charge < -0.3 is 19.5 Å². The van der Waals surface area contributed by atoms with Crippen LogP contribution in [0.3, 0.4) is 0 Å². The van der Waals surface area contributed by atoms with Crippen molar-refractivity contribution in [3.05, 3.63) is 28.8 Å². The lowest BCUT2D eigenvalue weighted by Crippen LogP contribution is -2.31. The molecule has 0 atom stereocenters. The Morgan fingerprint density at radius 1 is 1.29 bits per heavy atom. The van der Waals surface area contributed by atoms with Gasteiger partial charge in [0.2, 0.25) is 5.95 Å². The quantitative estimate of drug-likeness (QED) is 0.859. The molecule has 0 saturated carbocycles. The van der Waals surface area contributed by atoms with Crippen LogP contribution in [0.4, 0.5) is 17.5 Å². The van der Waals surface area contributed by atoms with Crippen LogP contribution in [-0.2, 0) is 0 Å². The summed E-state index contributed by atoms with van der Waals surface area (Å²) in [6, 6.07) is 3.29. The standard InChI is InChI=1S/C16H20BrN5O2/c1-21(2)14-11(19-15(23)12-6-7-13(17)24-12)10-18-16(20-14)22-8-4-3-5-9-22/h6-7,10H,3-5,8-9H2,1-2H3,(H,19,23). The summed E-state index contributed by atoms with van der Waals surface area (Å²) in [4.78, 5) is 25.4. The molecule has 0 aliphatic carbocycles. The number of aromatic nitrogens is 2. The van der Waals surface area contributed by atoms with Crippen molar-refractivity contribution in [1.29, 1.82) is 0 Å². The molecule has 8 heteroatoms. The Morgan fingerprint density at radius 3 is 2.67 bits per heavy atom. The van der Waals surface area contributed by atoms with Gasteiger partial charge in [-0.2, -0.15) is 4.98 Å². The predicted octanol–water partition coefficient (Wildman–Crippen LogP) is 3.14. The van der Waals surface area contributed by atoms with Gasteiger partial charge in [-0.15, -0.1) is 0 Å². The zero-order valence-electron chi connectivity index (χ0n) is 13.8. The highest BCUT2D eigenvalue weighted by Gasteiger charge is 2.19. The molecule has 3 heterocycles. The minimum atomic E-state index is -0.335. The molecule has 1 aliphatic heterocycles. The van der Waals surface area contributed by atoms with Crippen LogP contribution in [-0.4, -0.2) is 43.1 Å². The van der Waals surface area contributed by atoms with Crippen molar-refractivity contribution in [1.82, 2.24) is 9.97 Å². The van der Waals surface area contributed by atoms with Crippen LogP contribution in [0, 0.1) is 0 Å². The van der Waals surface area contributed by atoms with Crippen molar-refractivity contribution in [3.63, 3.8) is 0 Å². The maximum Gasteiger partial charge on any atom is 0.291 e. The molecular formula is C16H20BrN5O2. The maximum atomic E-state index is 12.3. The first kappa shape index (κ1) is 16.8. The number of amides is 1. The minimum Gasteiger partial charge on any atom is -0.444 e. The average molecular weight is 394 g/mol. The van der Waals surface area contributed by atoms with Crippen LogP contribution in [0.25, 0.3) is 0 Å². The van der Waals surface area contributed by atoms with E-state index >= 15 is 0 Å². The van der Waals surface area contributed by atoms with Crippen LogP contribution in [0.1, 0.15) is 29.8 Å². The SMILES string of the molecule is CN(C)c1nc(N2CCCCC2)ncc1NC(=O)c1ccc(Br)o1. The monoisotopic (exact) mass is 393 g/mol. The molecule has 1 fully saturated rings. The third kappa shape index (κ3) is 3.69. The smallest absolute Gasteiger partial charge is 0.291 e. The summed E-state index contributed by atoms with van der Waals surface area (Å²) in [6.07, 6.45) is 5.23. The van der Waals surface area contributed by atoms with Gasteiger partial charge in [0.1, 0.15) is 5.69 Å². The lowest BCUT2D eigenvalue weighted by molar-refractivity contribution is 0.0995. The van der Waals surface area contributed by atoms with Crippen LogP contribution in [0.5, 0.6) is 0 Å². The number of halogens is 1. The van der Waals surface area contributed by atoms with E-state index in [0.29, 0.717) is 22.1 Å². The number of piperidine rings is 1. The summed E-state index contributed by atoms with van der Waals surface area (Å²) >= 11 is 3.19. The van der Waals surface area contributed by atoms with Crippen LogP contribution >= 0.6 is 15.9 Å². The van der Waals surface area contributed by atoms with Crippen molar-refractivity contribution in [2.24, 2.45) is 0 Å². The molecular weight excluding hydrogens is 374 g/mol. The zero-order chi connectivity index (χ0) is 17.1. The molecule has 2 aromatic heterocycles. The largest absolute Gasteiger partial charge is 0.444 e. The second-order valence-electron chi connectivity index (χ2n) is 5.91. The van der Waals surface area contributed by atoms with E-state index in [0.717, 1.165) is 25.9 Å². The number of carbonyl (C=O) groups excluding carboxylic acids is 1. The first-order valence-electron chi connectivity index (χ1n) is 7.90. The molecule has 3 rings (SSSR count). The number of anilines is 3. The normalized spacial score (nSPS) is 14.5. The Balaban J connectivity index is 1.83. The summed E-state index contributed by atoms with van der Waals surface area (Å²) in [5, 5.41) is 2.81. The molecule has 2 aromatic rings. The fraction of sp³-hybridized carbons (Fsp3) is 0.438. The van der Waals surface area contributed by atoms with Gasteiger partial charge in [0.05, 0.1) is 6.20 Å². The lowest BCUT2D eigenvalue weighted by Gasteiger charge is -2.27. The second-order valence-corrected chi connectivity index (χ2v) is 6.69. The van der Waals surface area contributed by atoms with Crippen molar-refractivity contribution in [2.45, 2.75) is 19.3 Å². The van der Waals surface area contributed by atoms with E-state index in [1.165, 1.54) is 6.42 Å². The summed E-state index contributed by atoms with van der Waals surface area (Å²) < 4.78 is 5.79. The van der Waals surface area contributed by atoms with Gasteiger partial charge in [0.15, 0.2) is 16.2 Å². The molecule has 0 spiro atoms. The third-order valence-electron chi connectivity index (χ3n) is 3.86. The van der Waals surface area contributed by atoms with Gasteiger partial charge in [0.25, 0.3) is 5.91 Å². The van der Waals surface area contributed by atoms with Crippen LogP contribution in [0.15, 0.2) is 27.4 Å². The van der Waals surface area contributed by atoms with Gasteiger partial charge in [-0.3, -0.25) is 4.79 Å². The molecule has 24 heavy (non-hydrogen) atoms. The maximum absolute atomic E-state index is 12.3. The summed E-state index contributed by atoms with van der Waals surface area (Å²) in [5.74, 6) is 1.27. The second kappa shape index (κ2) is 7.21. The molecule has 0 radical (unpaired) electrons. The predicted molar refractivity (Wildman–Crippen MR) is 96.8 cm³/mol. The van der Waals surface area contributed by atoms with Crippen LogP contribution in [0.2, 0.25) is 0 Å². The van der Waals surface area contributed by atoms with E-state index in [2.05, 4.69) is 36.1 Å². The fourth-order valence-electron chi connectivity index (χ4n) is 2.66. The van der Waals surface area contributed by atoms with E-state index < -0.39 is 0 Å². The molecule has 0 unspecified atom stereocenters. The zero-order valence-corrected chi connectivity index (χ0v) is 15.3. The van der Waals surface area contributed by atoms with Gasteiger partial charge in [-0.25, -0.2) is 4.98 Å². The molecule has 1 amide bonds. The Labute approximate surface area is 149 Å². The molecule has 1 saturated heterocycles. The molecule has 7 nitrogen and oxygen atoms in total. The highest BCUT2D eigenvalue weighted by molar-refractivity contribution is 9.10. The molecule has 128 valence electrons. The molecule has 0 bridgehead atoms. The first-order chi connectivity index (χ1) is 11.5. The third-order valence-corrected chi connectivity index (χ3v) is 4.29. The number of furan rings is 1. The molecule has 1 N–H and O–H groups in total. The highest BCUT2D eigenvalue weighted by Crippen LogP contribution is 2.26. The summed E-state index contributed by atoms with van der Waals surface area (Å²) in [7, 11) is 3.78. The average Bonchev–Trinajstić information content (AvgIpc) is 3.02. The number of rotatable bonds is 4. The van der Waals surface area contributed by atoms with Gasteiger partial charge in [0, 0.05) is 27.2 Å². The summed E-state index contributed by atoms with van der Waals surface area (Å²) in [5.41, 5.74) is 0.554. The number of hydrogen-bond acceptors (Lipinski definition) is 6. The Kier molecular flexibility index (Phi) is 5.03. The highest BCUT2D eigenvalue weighted by atomic mass is 79.9. The van der Waals surface area contributed by atoms with Crippen molar-refractivity contribution < 1.29 is 9.21 Å². The number of hydrogen-bond donors (Lipinski definition) is 1. The van der Waals surface area contributed by atoms with Crippen molar-refractivity contribution in [3.8, 4) is 0 Å². The van der Waals surface area contributed by atoms with E-state index in [1.807, 2.05) is 19.0 Å². The number of carbonyl (C=O) groups is 1. The van der Waals surface area contributed by atoms with E-state index in [1.54, 1.807) is 18.3 Å². The van der Waals surface area contributed by atoms with E-state index in [9.17, 15) is 4.79 Å². The van der Waals surface area contributed by atoms with E-state index in [-0.39, 0.29) is 11.7 Å². The topological polar surface area (TPSA) is 74.5 Å². The van der Waals surface area contributed by atoms with Crippen molar-refractivity contribution in [2.75, 3.05) is 42.3 Å². The van der Waals surface area contributed by atoms with Gasteiger partial charge in [-0.05, 0) is 47.3 Å². The fourth-order valence-corrected chi connectivity index (χ4v) is 2.97. The Bertz CT molecular complexity index is 725. The Hall–Kier alpha value is -2.09. The first-order valence-corrected chi connectivity index (χ1v) is 8.70. The minimum absolute atomic E-state index is 0.228. The van der Waals surface area contributed by atoms with Crippen LogP contribution < -0.4 is 15.1 Å². The molecule has 0 aromatic carbocycles. The summed E-state index contributed by atoms with van der Waals surface area (Å²) in [6.45, 7) is 1.94.